The molecular weight excluding hydrogens is 384 g/mol. The molecule has 3 N–H and O–H groups in total. The van der Waals surface area contributed by atoms with Crippen molar-refractivity contribution in [2.45, 2.75) is 26.7 Å². The van der Waals surface area contributed by atoms with Gasteiger partial charge in [-0.2, -0.15) is 5.10 Å². The van der Waals surface area contributed by atoms with Gasteiger partial charge in [-0.15, -0.1) is 0 Å². The van der Waals surface area contributed by atoms with Gasteiger partial charge in [0.2, 0.25) is 0 Å². The molecule has 0 saturated heterocycles. The van der Waals surface area contributed by atoms with E-state index >= 15 is 0 Å². The maximum Gasteiger partial charge on any atom is 0.329 e. The van der Waals surface area contributed by atoms with Crippen molar-refractivity contribution in [3.8, 4) is 5.75 Å². The number of rotatable bonds is 9. The number of amides is 3. The third-order valence-electron chi connectivity index (χ3n) is 4.04. The second-order valence-corrected chi connectivity index (χ2v) is 6.37. The smallest absolute Gasteiger partial charge is 0.329 e. The zero-order valence-electron chi connectivity index (χ0n) is 17.1. The van der Waals surface area contributed by atoms with E-state index in [9.17, 15) is 14.4 Å². The first-order valence-electron chi connectivity index (χ1n) is 9.75. The first-order chi connectivity index (χ1) is 14.5. The largest absolute Gasteiger partial charge is 0.484 e. The molecule has 0 heterocycles. The Labute approximate surface area is 175 Å². The number of hydrazone groups is 1. The highest BCUT2D eigenvalue weighted by atomic mass is 16.5. The number of nitrogens with zero attached hydrogens (tertiary/aromatic N) is 1. The predicted octanol–water partition coefficient (Wildman–Crippen LogP) is 2.24. The lowest BCUT2D eigenvalue weighted by molar-refractivity contribution is -0.139. The van der Waals surface area contributed by atoms with Crippen molar-refractivity contribution in [2.75, 3.05) is 18.5 Å². The molecule has 0 saturated carbocycles. The van der Waals surface area contributed by atoms with Crippen molar-refractivity contribution in [2.24, 2.45) is 5.10 Å². The molecule has 0 radical (unpaired) electrons. The van der Waals surface area contributed by atoms with Crippen LogP contribution in [0.2, 0.25) is 0 Å². The standard InChI is InChI=1S/C22H26N4O4/c1-3-13-23-21(28)22(29)26-24-14-16-9-11-18(12-10-16)30-15-20(27)25-19-8-6-5-7-17(19)4-2/h5-12,14H,3-4,13,15H2,1-2H3,(H,23,28)(H,25,27)(H,26,29)/b24-14-. The zero-order chi connectivity index (χ0) is 21.8. The number of aryl methyl sites for hydroxylation is 1. The van der Waals surface area contributed by atoms with E-state index in [1.807, 2.05) is 38.1 Å². The van der Waals surface area contributed by atoms with Crippen LogP contribution in [-0.2, 0) is 20.8 Å². The molecule has 158 valence electrons. The highest BCUT2D eigenvalue weighted by Crippen LogP contribution is 2.16. The van der Waals surface area contributed by atoms with Gasteiger partial charge in [0.15, 0.2) is 6.61 Å². The van der Waals surface area contributed by atoms with Gasteiger partial charge in [-0.25, -0.2) is 5.43 Å². The summed E-state index contributed by atoms with van der Waals surface area (Å²) in [6, 6.07) is 14.4. The van der Waals surface area contributed by atoms with Crippen molar-refractivity contribution >= 4 is 29.6 Å². The molecule has 3 amide bonds. The molecule has 2 aromatic carbocycles. The Morgan fingerprint density at radius 1 is 1.00 bits per heavy atom. The Bertz CT molecular complexity index is 894. The fourth-order valence-electron chi connectivity index (χ4n) is 2.47. The van der Waals surface area contributed by atoms with Crippen LogP contribution >= 0.6 is 0 Å². The molecule has 8 heteroatoms. The van der Waals surface area contributed by atoms with Crippen LogP contribution in [-0.4, -0.2) is 37.1 Å². The van der Waals surface area contributed by atoms with Crippen LogP contribution in [0.4, 0.5) is 5.69 Å². The third-order valence-corrected chi connectivity index (χ3v) is 4.04. The summed E-state index contributed by atoms with van der Waals surface area (Å²) in [6.45, 7) is 4.23. The Hall–Kier alpha value is -3.68. The summed E-state index contributed by atoms with van der Waals surface area (Å²) in [5.74, 6) is -1.27. The molecule has 0 aliphatic rings. The molecule has 8 nitrogen and oxygen atoms in total. The number of carbonyl (C=O) groups is 3. The average molecular weight is 410 g/mol. The number of carbonyl (C=O) groups excluding carboxylic acids is 3. The van der Waals surface area contributed by atoms with Crippen LogP contribution in [0.3, 0.4) is 0 Å². The van der Waals surface area contributed by atoms with Gasteiger partial charge in [-0.1, -0.05) is 32.0 Å². The predicted molar refractivity (Wildman–Crippen MR) is 115 cm³/mol. The number of anilines is 1. The van der Waals surface area contributed by atoms with E-state index in [1.54, 1.807) is 24.3 Å². The summed E-state index contributed by atoms with van der Waals surface area (Å²) in [7, 11) is 0. The second-order valence-electron chi connectivity index (χ2n) is 6.37. The normalized spacial score (nSPS) is 10.5. The molecule has 0 aliphatic carbocycles. The molecule has 2 aromatic rings. The van der Waals surface area contributed by atoms with Gasteiger partial charge in [-0.3, -0.25) is 14.4 Å². The van der Waals surface area contributed by atoms with Gasteiger partial charge < -0.3 is 15.4 Å². The molecule has 0 unspecified atom stereocenters. The zero-order valence-corrected chi connectivity index (χ0v) is 17.1. The highest BCUT2D eigenvalue weighted by Gasteiger charge is 2.10. The number of benzene rings is 2. The van der Waals surface area contributed by atoms with Gasteiger partial charge >= 0.3 is 11.8 Å². The number of hydrogen-bond donors (Lipinski definition) is 3. The molecule has 0 bridgehead atoms. The molecule has 0 atom stereocenters. The fraction of sp³-hybridized carbons (Fsp3) is 0.273. The van der Waals surface area contributed by atoms with Crippen LogP contribution in [0.5, 0.6) is 5.75 Å². The van der Waals surface area contributed by atoms with Crippen LogP contribution in [0.1, 0.15) is 31.4 Å². The minimum absolute atomic E-state index is 0.117. The Morgan fingerprint density at radius 2 is 1.73 bits per heavy atom. The summed E-state index contributed by atoms with van der Waals surface area (Å²) in [6.07, 6.45) is 2.97. The number of hydrogen-bond acceptors (Lipinski definition) is 5. The highest BCUT2D eigenvalue weighted by molar-refractivity contribution is 6.35. The van der Waals surface area contributed by atoms with Crippen LogP contribution in [0.25, 0.3) is 0 Å². The molecule has 0 aliphatic heterocycles. The number of ether oxygens (including phenoxy) is 1. The van der Waals surface area contributed by atoms with Crippen molar-refractivity contribution in [1.29, 1.82) is 0 Å². The van der Waals surface area contributed by atoms with Crippen LogP contribution in [0.15, 0.2) is 53.6 Å². The van der Waals surface area contributed by atoms with E-state index in [4.69, 9.17) is 4.74 Å². The molecule has 0 spiro atoms. The van der Waals surface area contributed by atoms with Crippen LogP contribution in [0, 0.1) is 0 Å². The maximum atomic E-state index is 12.1. The Morgan fingerprint density at radius 3 is 2.43 bits per heavy atom. The van der Waals surface area contributed by atoms with Crippen molar-refractivity contribution in [1.82, 2.24) is 10.7 Å². The molecule has 0 aromatic heterocycles. The number of nitrogens with one attached hydrogen (secondary N) is 3. The quantitative estimate of drug-likeness (QED) is 0.335. The van der Waals surface area contributed by atoms with Gasteiger partial charge in [0.1, 0.15) is 5.75 Å². The van der Waals surface area contributed by atoms with E-state index in [0.717, 1.165) is 24.1 Å². The van der Waals surface area contributed by atoms with E-state index in [-0.39, 0.29) is 12.5 Å². The van der Waals surface area contributed by atoms with E-state index in [0.29, 0.717) is 17.9 Å². The monoisotopic (exact) mass is 410 g/mol. The minimum Gasteiger partial charge on any atom is -0.484 e. The van der Waals surface area contributed by atoms with Gasteiger partial charge in [0, 0.05) is 12.2 Å². The van der Waals surface area contributed by atoms with E-state index in [1.165, 1.54) is 6.21 Å². The lowest BCUT2D eigenvalue weighted by Crippen LogP contribution is -2.38. The molecule has 2 rings (SSSR count). The second kappa shape index (κ2) is 12.0. The minimum atomic E-state index is -0.824. The topological polar surface area (TPSA) is 109 Å². The summed E-state index contributed by atoms with van der Waals surface area (Å²) >= 11 is 0. The molecule has 0 fully saturated rings. The summed E-state index contributed by atoms with van der Waals surface area (Å²) in [4.78, 5) is 35.1. The Balaban J connectivity index is 1.79. The summed E-state index contributed by atoms with van der Waals surface area (Å²) in [5, 5.41) is 9.05. The summed E-state index contributed by atoms with van der Waals surface area (Å²) < 4.78 is 5.50. The van der Waals surface area contributed by atoms with Gasteiger partial charge in [-0.05, 0) is 54.3 Å². The van der Waals surface area contributed by atoms with Gasteiger partial charge in [0.25, 0.3) is 5.91 Å². The van der Waals surface area contributed by atoms with Crippen molar-refractivity contribution in [3.05, 3.63) is 59.7 Å². The first-order valence-corrected chi connectivity index (χ1v) is 9.75. The average Bonchev–Trinajstić information content (AvgIpc) is 2.77. The lowest BCUT2D eigenvalue weighted by atomic mass is 10.1. The SMILES string of the molecule is CCCNC(=O)C(=O)N/N=C\c1ccc(OCC(=O)Nc2ccccc2CC)cc1. The summed E-state index contributed by atoms with van der Waals surface area (Å²) in [5.41, 5.74) is 4.70. The van der Waals surface area contributed by atoms with Gasteiger partial charge in [0.05, 0.1) is 6.21 Å². The molecule has 30 heavy (non-hydrogen) atoms. The lowest BCUT2D eigenvalue weighted by Gasteiger charge is -2.10. The maximum absolute atomic E-state index is 12.1. The molecular formula is C22H26N4O4. The van der Waals surface area contributed by atoms with Crippen LogP contribution < -0.4 is 20.8 Å². The fourth-order valence-corrected chi connectivity index (χ4v) is 2.47. The van der Waals surface area contributed by atoms with Crippen molar-refractivity contribution < 1.29 is 19.1 Å². The van der Waals surface area contributed by atoms with E-state index in [2.05, 4.69) is 21.2 Å². The van der Waals surface area contributed by atoms with E-state index < -0.39 is 11.8 Å². The Kier molecular flexibility index (Phi) is 9.05. The first kappa shape index (κ1) is 22.6. The van der Waals surface area contributed by atoms with Crippen molar-refractivity contribution in [3.63, 3.8) is 0 Å². The number of para-hydroxylation sites is 1. The third kappa shape index (κ3) is 7.38.